The second-order valence-electron chi connectivity index (χ2n) is 9.28. The van der Waals surface area contributed by atoms with Crippen LogP contribution in [0.3, 0.4) is 0 Å². The van der Waals surface area contributed by atoms with Gasteiger partial charge in [-0.05, 0) is 62.7 Å². The van der Waals surface area contributed by atoms with Crippen LogP contribution in [0.1, 0.15) is 53.1 Å². The molecule has 0 fully saturated rings. The summed E-state index contributed by atoms with van der Waals surface area (Å²) in [5.41, 5.74) is 3.39. The first-order valence-electron chi connectivity index (χ1n) is 13.3. The van der Waals surface area contributed by atoms with Crippen molar-refractivity contribution in [3.8, 4) is 17.2 Å². The maximum atomic E-state index is 13.2. The Morgan fingerprint density at radius 2 is 1.49 bits per heavy atom. The predicted octanol–water partition coefficient (Wildman–Crippen LogP) is 7.67. The third-order valence-corrected chi connectivity index (χ3v) is 6.72. The minimum atomic E-state index is -0.489. The predicted molar refractivity (Wildman–Crippen MR) is 153 cm³/mol. The number of para-hydroxylation sites is 1. The molecule has 39 heavy (non-hydrogen) atoms. The Labute approximate surface area is 227 Å². The highest BCUT2D eigenvalue weighted by atomic mass is 16.5. The fraction of sp³-hybridized carbons (Fsp3) is 0.212. The summed E-state index contributed by atoms with van der Waals surface area (Å²) in [6.45, 7) is 6.69. The van der Waals surface area contributed by atoms with E-state index in [4.69, 9.17) is 14.2 Å². The minimum absolute atomic E-state index is 0.254. The zero-order valence-electron chi connectivity index (χ0n) is 22.4. The molecule has 5 rings (SSSR count). The summed E-state index contributed by atoms with van der Waals surface area (Å²) < 4.78 is 19.2. The average molecular weight is 522 g/mol. The summed E-state index contributed by atoms with van der Waals surface area (Å²) in [6, 6.07) is 26.3. The lowest BCUT2D eigenvalue weighted by atomic mass is 10.0. The van der Waals surface area contributed by atoms with Crippen LogP contribution in [0, 0.1) is 6.92 Å². The van der Waals surface area contributed by atoms with Crippen molar-refractivity contribution in [1.29, 1.82) is 0 Å². The topological polar surface area (TPSA) is 66.8 Å². The van der Waals surface area contributed by atoms with Gasteiger partial charge in [0, 0.05) is 27.5 Å². The van der Waals surface area contributed by atoms with E-state index in [1.54, 1.807) is 37.3 Å². The Bertz CT molecular complexity index is 1630. The number of hydrogen-bond donors (Lipinski definition) is 0. The Kier molecular flexibility index (Phi) is 7.64. The van der Waals surface area contributed by atoms with E-state index in [2.05, 4.69) is 11.5 Å². The molecular formula is C33H31NO5. The summed E-state index contributed by atoms with van der Waals surface area (Å²) in [5.74, 6) is 0.184. The number of unbranched alkanes of at least 4 members (excludes halogenated alkanes) is 1. The van der Waals surface area contributed by atoms with Gasteiger partial charge in [-0.3, -0.25) is 0 Å². The Hall–Kier alpha value is -4.58. The van der Waals surface area contributed by atoms with E-state index >= 15 is 0 Å². The Morgan fingerprint density at radius 1 is 0.795 bits per heavy atom. The molecule has 0 aliphatic rings. The van der Waals surface area contributed by atoms with Gasteiger partial charge in [-0.1, -0.05) is 55.8 Å². The zero-order valence-corrected chi connectivity index (χ0v) is 22.4. The van der Waals surface area contributed by atoms with Crippen molar-refractivity contribution in [3.05, 3.63) is 102 Å². The number of fused-ring (bicyclic) bond motifs is 3. The fourth-order valence-corrected chi connectivity index (χ4v) is 4.86. The van der Waals surface area contributed by atoms with Crippen LogP contribution in [0.15, 0.2) is 84.9 Å². The number of carbonyl (C=O) groups is 2. The standard InChI is InChI=1S/C33H31NO5/c1-4-6-20-38-25-18-16-23(17-19-25)32(35)39-29-21-28-30(33(36)37-5-2)22(3)34(24-12-8-7-9-13-24)31(28)27-15-11-10-14-26(27)29/h7-19,21H,4-6,20H2,1-3H3. The Balaban J connectivity index is 1.63. The molecule has 0 aliphatic heterocycles. The lowest BCUT2D eigenvalue weighted by Gasteiger charge is -2.13. The van der Waals surface area contributed by atoms with Gasteiger partial charge in [-0.25, -0.2) is 9.59 Å². The van der Waals surface area contributed by atoms with E-state index in [0.29, 0.717) is 34.6 Å². The summed E-state index contributed by atoms with van der Waals surface area (Å²) in [5, 5.41) is 2.29. The van der Waals surface area contributed by atoms with E-state index in [-0.39, 0.29) is 6.61 Å². The molecule has 0 aliphatic carbocycles. The van der Waals surface area contributed by atoms with E-state index in [1.165, 1.54) is 0 Å². The van der Waals surface area contributed by atoms with Crippen LogP contribution in [0.4, 0.5) is 0 Å². The number of carbonyl (C=O) groups excluding carboxylic acids is 2. The summed E-state index contributed by atoms with van der Waals surface area (Å²) in [4.78, 5) is 26.4. The van der Waals surface area contributed by atoms with Gasteiger partial charge in [-0.15, -0.1) is 0 Å². The SMILES string of the molecule is CCCCOc1ccc(C(=O)Oc2cc3c(C(=O)OCC)c(C)n(-c4ccccc4)c3c3ccccc23)cc1. The largest absolute Gasteiger partial charge is 0.494 e. The average Bonchev–Trinajstić information content (AvgIpc) is 3.26. The quantitative estimate of drug-likeness (QED) is 0.113. The van der Waals surface area contributed by atoms with Crippen molar-refractivity contribution in [1.82, 2.24) is 4.57 Å². The molecule has 4 aromatic carbocycles. The molecule has 0 unspecified atom stereocenters. The first-order valence-corrected chi connectivity index (χ1v) is 13.3. The number of rotatable bonds is 9. The molecule has 0 saturated carbocycles. The maximum Gasteiger partial charge on any atom is 0.343 e. The highest BCUT2D eigenvalue weighted by Gasteiger charge is 2.25. The molecule has 1 aromatic heterocycles. The molecule has 0 amide bonds. The molecule has 0 N–H and O–H groups in total. The summed E-state index contributed by atoms with van der Waals surface area (Å²) in [6.07, 6.45) is 2.02. The van der Waals surface area contributed by atoms with Crippen molar-refractivity contribution >= 4 is 33.6 Å². The van der Waals surface area contributed by atoms with Crippen LogP contribution >= 0.6 is 0 Å². The molecule has 0 bridgehead atoms. The second-order valence-corrected chi connectivity index (χ2v) is 9.28. The van der Waals surface area contributed by atoms with Crippen LogP contribution < -0.4 is 9.47 Å². The van der Waals surface area contributed by atoms with E-state index in [9.17, 15) is 9.59 Å². The number of aromatic nitrogens is 1. The van der Waals surface area contributed by atoms with Gasteiger partial charge in [0.1, 0.15) is 11.5 Å². The van der Waals surface area contributed by atoms with Crippen LogP contribution in [0.5, 0.6) is 11.5 Å². The van der Waals surface area contributed by atoms with Gasteiger partial charge in [0.2, 0.25) is 0 Å². The van der Waals surface area contributed by atoms with Gasteiger partial charge >= 0.3 is 11.9 Å². The van der Waals surface area contributed by atoms with Crippen molar-refractivity contribution in [2.24, 2.45) is 0 Å². The summed E-state index contributed by atoms with van der Waals surface area (Å²) >= 11 is 0. The normalized spacial score (nSPS) is 11.1. The molecule has 6 heteroatoms. The van der Waals surface area contributed by atoms with E-state index in [1.807, 2.05) is 61.5 Å². The highest BCUT2D eigenvalue weighted by Crippen LogP contribution is 2.40. The minimum Gasteiger partial charge on any atom is -0.494 e. The van der Waals surface area contributed by atoms with Gasteiger partial charge in [0.15, 0.2) is 0 Å². The van der Waals surface area contributed by atoms with Crippen molar-refractivity contribution in [3.63, 3.8) is 0 Å². The van der Waals surface area contributed by atoms with Gasteiger partial charge in [0.05, 0.1) is 29.9 Å². The first-order chi connectivity index (χ1) is 19.0. The van der Waals surface area contributed by atoms with Crippen molar-refractivity contribution in [2.75, 3.05) is 13.2 Å². The lowest BCUT2D eigenvalue weighted by Crippen LogP contribution is -2.09. The van der Waals surface area contributed by atoms with Crippen LogP contribution in [-0.2, 0) is 4.74 Å². The molecule has 0 radical (unpaired) electrons. The van der Waals surface area contributed by atoms with Gasteiger partial charge < -0.3 is 18.8 Å². The van der Waals surface area contributed by atoms with Crippen LogP contribution in [0.25, 0.3) is 27.4 Å². The number of nitrogens with zero attached hydrogens (tertiary/aromatic N) is 1. The van der Waals surface area contributed by atoms with E-state index < -0.39 is 11.9 Å². The van der Waals surface area contributed by atoms with Crippen LogP contribution in [-0.4, -0.2) is 29.7 Å². The van der Waals surface area contributed by atoms with Crippen molar-refractivity contribution < 1.29 is 23.8 Å². The molecular weight excluding hydrogens is 490 g/mol. The number of esters is 2. The number of hydrogen-bond acceptors (Lipinski definition) is 5. The smallest absolute Gasteiger partial charge is 0.343 e. The molecule has 0 atom stereocenters. The molecule has 0 spiro atoms. The monoisotopic (exact) mass is 521 g/mol. The highest BCUT2D eigenvalue weighted by molar-refractivity contribution is 6.17. The third kappa shape index (κ3) is 5.10. The first kappa shape index (κ1) is 26.0. The second kappa shape index (κ2) is 11.4. The van der Waals surface area contributed by atoms with Gasteiger partial charge in [0.25, 0.3) is 0 Å². The number of ether oxygens (including phenoxy) is 3. The molecule has 6 nitrogen and oxygen atoms in total. The zero-order chi connectivity index (χ0) is 27.4. The maximum absolute atomic E-state index is 13.2. The molecule has 198 valence electrons. The third-order valence-electron chi connectivity index (χ3n) is 6.72. The van der Waals surface area contributed by atoms with Gasteiger partial charge in [-0.2, -0.15) is 0 Å². The Morgan fingerprint density at radius 3 is 2.18 bits per heavy atom. The van der Waals surface area contributed by atoms with Crippen molar-refractivity contribution in [2.45, 2.75) is 33.6 Å². The summed E-state index contributed by atoms with van der Waals surface area (Å²) in [7, 11) is 0. The van der Waals surface area contributed by atoms with Crippen LogP contribution in [0.2, 0.25) is 0 Å². The van der Waals surface area contributed by atoms with E-state index in [0.717, 1.165) is 40.5 Å². The molecule has 0 saturated heterocycles. The fourth-order valence-electron chi connectivity index (χ4n) is 4.86. The number of benzene rings is 4. The lowest BCUT2D eigenvalue weighted by molar-refractivity contribution is 0.0527. The molecule has 1 heterocycles. The molecule has 5 aromatic rings.